The van der Waals surface area contributed by atoms with Gasteiger partial charge in [0.25, 0.3) is 0 Å². The molecule has 24 heavy (non-hydrogen) atoms. The number of carbonyl (C=O) groups is 1. The van der Waals surface area contributed by atoms with Crippen LogP contribution in [-0.2, 0) is 4.79 Å². The number of hydrogen-bond donors (Lipinski definition) is 2. The van der Waals surface area contributed by atoms with E-state index in [4.69, 9.17) is 0 Å². The molecule has 3 atom stereocenters. The molecule has 1 aliphatic carbocycles. The van der Waals surface area contributed by atoms with Crippen molar-refractivity contribution in [2.75, 3.05) is 19.6 Å². The van der Waals surface area contributed by atoms with Crippen LogP contribution < -0.4 is 15.4 Å². The van der Waals surface area contributed by atoms with Crippen LogP contribution in [0.1, 0.15) is 30.7 Å². The number of amides is 1. The van der Waals surface area contributed by atoms with Gasteiger partial charge in [0.05, 0.1) is 0 Å². The monoisotopic (exact) mass is 342 g/mol. The fraction of sp³-hybridized carbons (Fsp3) is 0.588. The standard InChI is InChI=1S/C17H21F3N2O2/c18-17(19,20)24-15-4-2-1-3-12(15)13-9-14(13)16(23)22-8-6-11-5-7-21-10-11/h1-4,11,13-14,21H,5-10H2,(H,22,23). The van der Waals surface area contributed by atoms with Crippen molar-refractivity contribution in [3.8, 4) is 5.75 Å². The fourth-order valence-corrected chi connectivity index (χ4v) is 3.32. The van der Waals surface area contributed by atoms with Crippen LogP contribution in [0.5, 0.6) is 5.75 Å². The van der Waals surface area contributed by atoms with E-state index >= 15 is 0 Å². The molecule has 2 N–H and O–H groups in total. The number of alkyl halides is 3. The van der Waals surface area contributed by atoms with Crippen molar-refractivity contribution in [2.45, 2.75) is 31.5 Å². The minimum absolute atomic E-state index is 0.0761. The number of rotatable bonds is 6. The van der Waals surface area contributed by atoms with Crippen molar-refractivity contribution in [3.63, 3.8) is 0 Å². The Morgan fingerprint density at radius 1 is 1.33 bits per heavy atom. The van der Waals surface area contributed by atoms with Gasteiger partial charge in [0, 0.05) is 12.5 Å². The van der Waals surface area contributed by atoms with Crippen LogP contribution >= 0.6 is 0 Å². The van der Waals surface area contributed by atoms with Gasteiger partial charge in [0.1, 0.15) is 5.75 Å². The molecule has 0 radical (unpaired) electrons. The van der Waals surface area contributed by atoms with Crippen LogP contribution in [0, 0.1) is 11.8 Å². The number of ether oxygens (including phenoxy) is 1. The van der Waals surface area contributed by atoms with Gasteiger partial charge in [-0.25, -0.2) is 0 Å². The molecule has 1 aliphatic heterocycles. The Labute approximate surface area is 138 Å². The van der Waals surface area contributed by atoms with E-state index in [-0.39, 0.29) is 23.5 Å². The predicted molar refractivity (Wildman–Crippen MR) is 82.6 cm³/mol. The third kappa shape index (κ3) is 4.41. The normalized spacial score (nSPS) is 26.2. The van der Waals surface area contributed by atoms with E-state index in [0.29, 0.717) is 24.4 Å². The van der Waals surface area contributed by atoms with Crippen molar-refractivity contribution >= 4 is 5.91 Å². The van der Waals surface area contributed by atoms with Crippen LogP contribution in [-0.4, -0.2) is 31.9 Å². The zero-order valence-corrected chi connectivity index (χ0v) is 13.2. The Kier molecular flexibility index (Phi) is 4.99. The first-order valence-electron chi connectivity index (χ1n) is 8.27. The van der Waals surface area contributed by atoms with Crippen LogP contribution in [0.2, 0.25) is 0 Å². The Bertz CT molecular complexity index is 585. The SMILES string of the molecule is O=C(NCCC1CCNC1)C1CC1c1ccccc1OC(F)(F)F. The quantitative estimate of drug-likeness (QED) is 0.836. The van der Waals surface area contributed by atoms with Gasteiger partial charge in [-0.3, -0.25) is 4.79 Å². The summed E-state index contributed by atoms with van der Waals surface area (Å²) in [5.74, 6) is -0.141. The van der Waals surface area contributed by atoms with Crippen molar-refractivity contribution in [1.82, 2.24) is 10.6 Å². The predicted octanol–water partition coefficient (Wildman–Crippen LogP) is 2.80. The van der Waals surface area contributed by atoms with E-state index < -0.39 is 6.36 Å². The molecule has 1 aromatic rings. The second-order valence-corrected chi connectivity index (χ2v) is 6.47. The molecule has 7 heteroatoms. The molecule has 1 saturated heterocycles. The van der Waals surface area contributed by atoms with Gasteiger partial charge >= 0.3 is 6.36 Å². The number of carbonyl (C=O) groups excluding carboxylic acids is 1. The molecule has 2 fully saturated rings. The smallest absolute Gasteiger partial charge is 0.405 e. The van der Waals surface area contributed by atoms with Gasteiger partial charge in [-0.05, 0) is 55.8 Å². The van der Waals surface area contributed by atoms with Crippen molar-refractivity contribution in [3.05, 3.63) is 29.8 Å². The minimum Gasteiger partial charge on any atom is -0.405 e. The minimum atomic E-state index is -4.72. The highest BCUT2D eigenvalue weighted by Crippen LogP contribution is 2.51. The van der Waals surface area contributed by atoms with Crippen molar-refractivity contribution in [2.24, 2.45) is 11.8 Å². The van der Waals surface area contributed by atoms with E-state index in [1.54, 1.807) is 12.1 Å². The maximum Gasteiger partial charge on any atom is 0.573 e. The molecule has 1 aromatic carbocycles. The molecular formula is C17H21F3N2O2. The highest BCUT2D eigenvalue weighted by Gasteiger charge is 2.46. The molecule has 1 saturated carbocycles. The topological polar surface area (TPSA) is 50.4 Å². The van der Waals surface area contributed by atoms with Crippen LogP contribution in [0.15, 0.2) is 24.3 Å². The maximum atomic E-state index is 12.5. The summed E-state index contributed by atoms with van der Waals surface area (Å²) in [5, 5.41) is 6.19. The van der Waals surface area contributed by atoms with E-state index in [9.17, 15) is 18.0 Å². The summed E-state index contributed by atoms with van der Waals surface area (Å²) >= 11 is 0. The number of benzene rings is 1. The van der Waals surface area contributed by atoms with Crippen molar-refractivity contribution in [1.29, 1.82) is 0 Å². The molecule has 1 heterocycles. The third-order valence-electron chi connectivity index (χ3n) is 4.69. The van der Waals surface area contributed by atoms with Crippen molar-refractivity contribution < 1.29 is 22.7 Å². The van der Waals surface area contributed by atoms with Crippen LogP contribution in [0.3, 0.4) is 0 Å². The molecule has 0 spiro atoms. The number of para-hydroxylation sites is 1. The summed E-state index contributed by atoms with van der Waals surface area (Å²) in [6.45, 7) is 2.64. The van der Waals surface area contributed by atoms with Gasteiger partial charge < -0.3 is 15.4 Å². The Morgan fingerprint density at radius 2 is 2.12 bits per heavy atom. The second kappa shape index (κ2) is 7.01. The number of nitrogens with one attached hydrogen (secondary N) is 2. The molecule has 1 amide bonds. The first-order chi connectivity index (χ1) is 11.4. The molecule has 3 unspecified atom stereocenters. The molecular weight excluding hydrogens is 321 g/mol. The van der Waals surface area contributed by atoms with E-state index in [1.807, 2.05) is 0 Å². The lowest BCUT2D eigenvalue weighted by molar-refractivity contribution is -0.274. The Balaban J connectivity index is 1.52. The molecule has 0 bridgehead atoms. The zero-order chi connectivity index (χ0) is 17.2. The first kappa shape index (κ1) is 17.1. The summed E-state index contributed by atoms with van der Waals surface area (Å²) in [4.78, 5) is 12.2. The Hall–Kier alpha value is -1.76. The molecule has 4 nitrogen and oxygen atoms in total. The van der Waals surface area contributed by atoms with Gasteiger partial charge in [-0.1, -0.05) is 18.2 Å². The number of halogens is 3. The van der Waals surface area contributed by atoms with Crippen LogP contribution in [0.25, 0.3) is 0 Å². The van der Waals surface area contributed by atoms with E-state index in [0.717, 1.165) is 25.9 Å². The van der Waals surface area contributed by atoms with E-state index in [1.165, 1.54) is 12.1 Å². The fourth-order valence-electron chi connectivity index (χ4n) is 3.32. The first-order valence-corrected chi connectivity index (χ1v) is 8.27. The third-order valence-corrected chi connectivity index (χ3v) is 4.69. The second-order valence-electron chi connectivity index (χ2n) is 6.47. The summed E-state index contributed by atoms with van der Waals surface area (Å²) in [5.41, 5.74) is 0.454. The maximum absolute atomic E-state index is 12.5. The van der Waals surface area contributed by atoms with Gasteiger partial charge in [0.15, 0.2) is 0 Å². The largest absolute Gasteiger partial charge is 0.573 e. The zero-order valence-electron chi connectivity index (χ0n) is 13.2. The lowest BCUT2D eigenvalue weighted by Gasteiger charge is -2.13. The lowest BCUT2D eigenvalue weighted by Crippen LogP contribution is -2.28. The molecule has 0 aromatic heterocycles. The van der Waals surface area contributed by atoms with Crippen LogP contribution in [0.4, 0.5) is 13.2 Å². The molecule has 2 aliphatic rings. The van der Waals surface area contributed by atoms with E-state index in [2.05, 4.69) is 15.4 Å². The van der Waals surface area contributed by atoms with Gasteiger partial charge in [-0.2, -0.15) is 0 Å². The highest BCUT2D eigenvalue weighted by atomic mass is 19.4. The van der Waals surface area contributed by atoms with Gasteiger partial charge in [0.2, 0.25) is 5.91 Å². The molecule has 132 valence electrons. The number of hydrogen-bond acceptors (Lipinski definition) is 3. The average molecular weight is 342 g/mol. The summed E-state index contributed by atoms with van der Waals surface area (Å²) < 4.78 is 41.5. The summed E-state index contributed by atoms with van der Waals surface area (Å²) in [6, 6.07) is 6.06. The lowest BCUT2D eigenvalue weighted by atomic mass is 10.1. The average Bonchev–Trinajstić information content (AvgIpc) is 3.14. The Morgan fingerprint density at radius 3 is 2.83 bits per heavy atom. The summed E-state index contributed by atoms with van der Waals surface area (Å²) in [7, 11) is 0. The van der Waals surface area contributed by atoms with Gasteiger partial charge in [-0.15, -0.1) is 13.2 Å². The highest BCUT2D eigenvalue weighted by molar-refractivity contribution is 5.83. The molecule has 3 rings (SSSR count). The summed E-state index contributed by atoms with van der Waals surface area (Å²) in [6.07, 6.45) is -2.10.